The van der Waals surface area contributed by atoms with Crippen molar-refractivity contribution in [3.05, 3.63) is 78.4 Å². The molecular formula is C22H24N6O. The number of benzene rings is 1. The van der Waals surface area contributed by atoms with Crippen LogP contribution in [0, 0.1) is 0 Å². The van der Waals surface area contributed by atoms with Gasteiger partial charge >= 0.3 is 0 Å². The number of carbonyl (C=O) groups is 1. The number of anilines is 2. The van der Waals surface area contributed by atoms with Crippen LogP contribution in [-0.4, -0.2) is 51.9 Å². The zero-order valence-corrected chi connectivity index (χ0v) is 16.4. The summed E-state index contributed by atoms with van der Waals surface area (Å²) in [6.45, 7) is 4.76. The van der Waals surface area contributed by atoms with Crippen LogP contribution in [0.5, 0.6) is 0 Å². The normalized spacial score (nSPS) is 15.1. The lowest BCUT2D eigenvalue weighted by atomic mass is 10.1. The molecular weight excluding hydrogens is 364 g/mol. The van der Waals surface area contributed by atoms with Crippen LogP contribution in [0.1, 0.15) is 29.0 Å². The molecule has 1 saturated heterocycles. The Morgan fingerprint density at radius 1 is 0.931 bits per heavy atom. The quantitative estimate of drug-likeness (QED) is 0.724. The highest BCUT2D eigenvalue weighted by Gasteiger charge is 2.24. The van der Waals surface area contributed by atoms with Gasteiger partial charge in [-0.25, -0.2) is 9.97 Å². The average Bonchev–Trinajstić information content (AvgIpc) is 2.80. The summed E-state index contributed by atoms with van der Waals surface area (Å²) in [5, 5.41) is 3.45. The summed E-state index contributed by atoms with van der Waals surface area (Å²) in [5.74, 6) is 0.661. The van der Waals surface area contributed by atoms with Gasteiger partial charge in [0.2, 0.25) is 5.95 Å². The van der Waals surface area contributed by atoms with E-state index >= 15 is 0 Å². The van der Waals surface area contributed by atoms with Crippen molar-refractivity contribution < 1.29 is 4.79 Å². The van der Waals surface area contributed by atoms with Crippen LogP contribution in [0.25, 0.3) is 0 Å². The molecule has 0 radical (unpaired) electrons. The van der Waals surface area contributed by atoms with Gasteiger partial charge in [0.1, 0.15) is 5.69 Å². The van der Waals surface area contributed by atoms with Crippen LogP contribution in [0.15, 0.2) is 67.1 Å². The van der Waals surface area contributed by atoms with E-state index in [1.54, 1.807) is 24.7 Å². The van der Waals surface area contributed by atoms with Crippen LogP contribution in [0.2, 0.25) is 0 Å². The Bertz CT molecular complexity index is 942. The Hall–Kier alpha value is -3.48. The minimum absolute atomic E-state index is 0.0466. The molecule has 1 aliphatic heterocycles. The van der Waals surface area contributed by atoms with Crippen LogP contribution < -0.4 is 10.2 Å². The molecule has 3 heterocycles. The number of nitrogens with zero attached hydrogens (tertiary/aromatic N) is 5. The summed E-state index contributed by atoms with van der Waals surface area (Å²) in [5.41, 5.74) is 2.53. The molecule has 0 bridgehead atoms. The molecule has 7 nitrogen and oxygen atoms in total. The molecule has 1 atom stereocenters. The summed E-state index contributed by atoms with van der Waals surface area (Å²) >= 11 is 0. The second kappa shape index (κ2) is 8.68. The number of nitrogens with one attached hydrogen (secondary N) is 1. The van der Waals surface area contributed by atoms with Crippen LogP contribution >= 0.6 is 0 Å². The van der Waals surface area contributed by atoms with Gasteiger partial charge in [-0.2, -0.15) is 0 Å². The summed E-state index contributed by atoms with van der Waals surface area (Å²) in [7, 11) is 0. The van der Waals surface area contributed by atoms with Gasteiger partial charge in [0.25, 0.3) is 5.91 Å². The molecule has 29 heavy (non-hydrogen) atoms. The predicted octanol–water partition coefficient (Wildman–Crippen LogP) is 3.01. The van der Waals surface area contributed by atoms with Crippen molar-refractivity contribution in [3.63, 3.8) is 0 Å². The van der Waals surface area contributed by atoms with E-state index in [-0.39, 0.29) is 11.9 Å². The molecule has 0 saturated carbocycles. The van der Waals surface area contributed by atoms with E-state index in [0.29, 0.717) is 37.8 Å². The minimum atomic E-state index is -0.0466. The number of pyridine rings is 1. The van der Waals surface area contributed by atoms with Gasteiger partial charge in [0.05, 0.1) is 0 Å². The highest BCUT2D eigenvalue weighted by atomic mass is 16.2. The van der Waals surface area contributed by atoms with Crippen LogP contribution in [0.3, 0.4) is 0 Å². The second-order valence-electron chi connectivity index (χ2n) is 7.03. The van der Waals surface area contributed by atoms with Gasteiger partial charge in [-0.15, -0.1) is 0 Å². The summed E-state index contributed by atoms with van der Waals surface area (Å²) in [6.07, 6.45) is 5.15. The molecule has 1 fully saturated rings. The topological polar surface area (TPSA) is 74.2 Å². The third-order valence-corrected chi connectivity index (χ3v) is 5.06. The first-order valence-electron chi connectivity index (χ1n) is 9.79. The first-order chi connectivity index (χ1) is 14.2. The molecule has 7 heteroatoms. The van der Waals surface area contributed by atoms with Gasteiger partial charge in [-0.1, -0.05) is 30.3 Å². The van der Waals surface area contributed by atoms with Crippen molar-refractivity contribution in [2.45, 2.75) is 13.0 Å². The molecule has 0 spiro atoms. The van der Waals surface area contributed by atoms with Crippen molar-refractivity contribution in [2.24, 2.45) is 0 Å². The predicted molar refractivity (Wildman–Crippen MR) is 113 cm³/mol. The third-order valence-electron chi connectivity index (χ3n) is 5.06. The Kier molecular flexibility index (Phi) is 5.65. The maximum atomic E-state index is 12.9. The summed E-state index contributed by atoms with van der Waals surface area (Å²) in [4.78, 5) is 29.7. The highest BCUT2D eigenvalue weighted by molar-refractivity contribution is 5.93. The van der Waals surface area contributed by atoms with Gasteiger partial charge in [-0.05, 0) is 30.7 Å². The van der Waals surface area contributed by atoms with E-state index in [1.165, 1.54) is 5.56 Å². The SMILES string of the molecule is CC(Nc1ccnc(C(=O)N2CCN(c3ncccn3)CC2)c1)c1ccccc1. The standard InChI is InChI=1S/C22H24N6O/c1-17(18-6-3-2-4-7-18)26-19-8-11-23-20(16-19)21(29)27-12-14-28(15-13-27)22-24-9-5-10-25-22/h2-11,16-17H,12-15H2,1H3,(H,23,26). The first-order valence-corrected chi connectivity index (χ1v) is 9.79. The second-order valence-corrected chi connectivity index (χ2v) is 7.03. The fourth-order valence-corrected chi connectivity index (χ4v) is 3.44. The fraction of sp³-hybridized carbons (Fsp3) is 0.273. The molecule has 148 valence electrons. The Morgan fingerprint density at radius 2 is 1.66 bits per heavy atom. The van der Waals surface area contributed by atoms with Crippen molar-refractivity contribution >= 4 is 17.5 Å². The van der Waals surface area contributed by atoms with Crippen molar-refractivity contribution in [3.8, 4) is 0 Å². The molecule has 0 aliphatic carbocycles. The smallest absolute Gasteiger partial charge is 0.272 e. The van der Waals surface area contributed by atoms with Gasteiger partial charge in [-0.3, -0.25) is 9.78 Å². The molecule has 1 N–H and O–H groups in total. The number of rotatable bonds is 5. The molecule has 3 aromatic rings. The lowest BCUT2D eigenvalue weighted by Crippen LogP contribution is -2.49. The van der Waals surface area contributed by atoms with Crippen molar-refractivity contribution in [1.82, 2.24) is 19.9 Å². The van der Waals surface area contributed by atoms with Crippen LogP contribution in [-0.2, 0) is 0 Å². The number of amides is 1. The van der Waals surface area contributed by atoms with Crippen LogP contribution in [0.4, 0.5) is 11.6 Å². The first kappa shape index (κ1) is 18.9. The van der Waals surface area contributed by atoms with Gasteiger partial charge < -0.3 is 15.1 Å². The molecule has 2 aromatic heterocycles. The Balaban J connectivity index is 1.39. The van der Waals surface area contributed by atoms with E-state index in [9.17, 15) is 4.79 Å². The molecule has 4 rings (SSSR count). The lowest BCUT2D eigenvalue weighted by Gasteiger charge is -2.34. The fourth-order valence-electron chi connectivity index (χ4n) is 3.44. The van der Waals surface area contributed by atoms with E-state index in [2.05, 4.69) is 44.2 Å². The largest absolute Gasteiger partial charge is 0.378 e. The molecule has 1 unspecified atom stereocenters. The maximum absolute atomic E-state index is 12.9. The molecule has 1 aliphatic rings. The number of hydrogen-bond donors (Lipinski definition) is 1. The van der Waals surface area contributed by atoms with Crippen molar-refractivity contribution in [2.75, 3.05) is 36.4 Å². The van der Waals surface area contributed by atoms with E-state index in [4.69, 9.17) is 0 Å². The zero-order valence-electron chi connectivity index (χ0n) is 16.4. The average molecular weight is 388 g/mol. The minimum Gasteiger partial charge on any atom is -0.378 e. The van der Waals surface area contributed by atoms with Gasteiger partial charge in [0, 0.05) is 56.5 Å². The highest BCUT2D eigenvalue weighted by Crippen LogP contribution is 2.20. The van der Waals surface area contributed by atoms with E-state index < -0.39 is 0 Å². The number of aromatic nitrogens is 3. The number of piperazine rings is 1. The monoisotopic (exact) mass is 388 g/mol. The van der Waals surface area contributed by atoms with Crippen molar-refractivity contribution in [1.29, 1.82) is 0 Å². The number of hydrogen-bond acceptors (Lipinski definition) is 6. The third kappa shape index (κ3) is 4.51. The molecule has 1 aromatic carbocycles. The number of carbonyl (C=O) groups excluding carboxylic acids is 1. The lowest BCUT2D eigenvalue weighted by molar-refractivity contribution is 0.0740. The summed E-state index contributed by atoms with van der Waals surface area (Å²) < 4.78 is 0. The zero-order chi connectivity index (χ0) is 20.1. The maximum Gasteiger partial charge on any atom is 0.272 e. The van der Waals surface area contributed by atoms with Gasteiger partial charge in [0.15, 0.2) is 0 Å². The molecule has 1 amide bonds. The Labute approximate surface area is 170 Å². The van der Waals surface area contributed by atoms with E-state index in [0.717, 1.165) is 5.69 Å². The summed E-state index contributed by atoms with van der Waals surface area (Å²) in [6, 6.07) is 15.9. The van der Waals surface area contributed by atoms with E-state index in [1.807, 2.05) is 35.2 Å². The Morgan fingerprint density at radius 3 is 2.38 bits per heavy atom.